The van der Waals surface area contributed by atoms with E-state index in [0.29, 0.717) is 0 Å². The number of hydrogen-bond donors (Lipinski definition) is 1. The van der Waals surface area contributed by atoms with Crippen LogP contribution in [0.2, 0.25) is 0 Å². The minimum atomic E-state index is 0.180. The summed E-state index contributed by atoms with van der Waals surface area (Å²) >= 11 is 1.76. The summed E-state index contributed by atoms with van der Waals surface area (Å²) in [6, 6.07) is 0. The molecule has 0 aliphatic carbocycles. The highest BCUT2D eigenvalue weighted by molar-refractivity contribution is 7.09. The van der Waals surface area contributed by atoms with Crippen LogP contribution in [0.4, 0.5) is 0 Å². The summed E-state index contributed by atoms with van der Waals surface area (Å²) in [7, 11) is 0. The van der Waals surface area contributed by atoms with Crippen LogP contribution in [0.25, 0.3) is 0 Å². The van der Waals surface area contributed by atoms with Crippen molar-refractivity contribution in [2.24, 2.45) is 11.1 Å². The Morgan fingerprint density at radius 3 is 2.59 bits per heavy atom. The molecule has 3 nitrogen and oxygen atoms in total. The fraction of sp³-hybridized carbons (Fsp3) is 0.769. The predicted octanol–water partition coefficient (Wildman–Crippen LogP) is 2.51. The lowest BCUT2D eigenvalue weighted by Gasteiger charge is -2.30. The predicted molar refractivity (Wildman–Crippen MR) is 75.3 cm³/mol. The van der Waals surface area contributed by atoms with Gasteiger partial charge in [-0.25, -0.2) is 4.98 Å². The fourth-order valence-electron chi connectivity index (χ4n) is 1.76. The SMILES string of the molecule is CCc1nc(CN(CC)CC(C)(C)CN)cs1. The van der Waals surface area contributed by atoms with E-state index in [1.165, 1.54) is 10.7 Å². The van der Waals surface area contributed by atoms with Gasteiger partial charge in [0.05, 0.1) is 10.7 Å². The van der Waals surface area contributed by atoms with Crippen LogP contribution < -0.4 is 5.73 Å². The van der Waals surface area contributed by atoms with Crippen molar-refractivity contribution in [1.29, 1.82) is 0 Å². The topological polar surface area (TPSA) is 42.2 Å². The molecule has 0 unspecified atom stereocenters. The zero-order chi connectivity index (χ0) is 12.9. The third-order valence-corrected chi connectivity index (χ3v) is 3.98. The van der Waals surface area contributed by atoms with Gasteiger partial charge in [-0.15, -0.1) is 11.3 Å². The first-order chi connectivity index (χ1) is 8.00. The van der Waals surface area contributed by atoms with Crippen molar-refractivity contribution in [2.75, 3.05) is 19.6 Å². The fourth-order valence-corrected chi connectivity index (χ4v) is 2.50. The number of nitrogens with two attached hydrogens (primary N) is 1. The maximum absolute atomic E-state index is 5.79. The largest absolute Gasteiger partial charge is 0.330 e. The summed E-state index contributed by atoms with van der Waals surface area (Å²) in [4.78, 5) is 7.04. The van der Waals surface area contributed by atoms with E-state index in [4.69, 9.17) is 5.73 Å². The minimum absolute atomic E-state index is 0.180. The van der Waals surface area contributed by atoms with Gasteiger partial charge in [-0.05, 0) is 24.9 Å². The monoisotopic (exact) mass is 255 g/mol. The van der Waals surface area contributed by atoms with Crippen LogP contribution >= 0.6 is 11.3 Å². The zero-order valence-corrected chi connectivity index (χ0v) is 12.3. The Hall–Kier alpha value is -0.450. The molecule has 98 valence electrons. The molecule has 0 spiro atoms. The summed E-state index contributed by atoms with van der Waals surface area (Å²) in [5.74, 6) is 0. The van der Waals surface area contributed by atoms with Crippen molar-refractivity contribution in [3.63, 3.8) is 0 Å². The van der Waals surface area contributed by atoms with Gasteiger partial charge in [0.2, 0.25) is 0 Å². The van der Waals surface area contributed by atoms with Crippen LogP contribution in [-0.2, 0) is 13.0 Å². The van der Waals surface area contributed by atoms with Gasteiger partial charge in [0.15, 0.2) is 0 Å². The first-order valence-corrected chi connectivity index (χ1v) is 7.24. The van der Waals surface area contributed by atoms with E-state index >= 15 is 0 Å². The Morgan fingerprint density at radius 2 is 2.12 bits per heavy atom. The zero-order valence-electron chi connectivity index (χ0n) is 11.5. The van der Waals surface area contributed by atoms with Crippen molar-refractivity contribution in [3.8, 4) is 0 Å². The van der Waals surface area contributed by atoms with Gasteiger partial charge in [0, 0.05) is 18.5 Å². The Kier molecular flexibility index (Phi) is 5.56. The lowest BCUT2D eigenvalue weighted by molar-refractivity contribution is 0.182. The number of aromatic nitrogens is 1. The van der Waals surface area contributed by atoms with Crippen LogP contribution in [0.5, 0.6) is 0 Å². The molecular formula is C13H25N3S. The smallest absolute Gasteiger partial charge is 0.0926 e. The van der Waals surface area contributed by atoms with Gasteiger partial charge in [-0.3, -0.25) is 4.90 Å². The third-order valence-electron chi connectivity index (χ3n) is 2.94. The van der Waals surface area contributed by atoms with Crippen molar-refractivity contribution in [2.45, 2.75) is 40.7 Å². The number of thiazole rings is 1. The van der Waals surface area contributed by atoms with E-state index < -0.39 is 0 Å². The molecule has 17 heavy (non-hydrogen) atoms. The van der Waals surface area contributed by atoms with Crippen LogP contribution in [0, 0.1) is 5.41 Å². The highest BCUT2D eigenvalue weighted by Gasteiger charge is 2.19. The van der Waals surface area contributed by atoms with E-state index in [9.17, 15) is 0 Å². The lowest BCUT2D eigenvalue weighted by atomic mass is 9.93. The third kappa shape index (κ3) is 4.74. The van der Waals surface area contributed by atoms with E-state index in [1.807, 2.05) is 0 Å². The molecule has 1 aromatic rings. The van der Waals surface area contributed by atoms with Gasteiger partial charge in [-0.2, -0.15) is 0 Å². The minimum Gasteiger partial charge on any atom is -0.330 e. The van der Waals surface area contributed by atoms with E-state index in [2.05, 4.69) is 43.0 Å². The van der Waals surface area contributed by atoms with Crippen molar-refractivity contribution in [1.82, 2.24) is 9.88 Å². The molecule has 0 bridgehead atoms. The second kappa shape index (κ2) is 6.47. The lowest BCUT2D eigenvalue weighted by Crippen LogP contribution is -2.38. The molecule has 0 aliphatic rings. The summed E-state index contributed by atoms with van der Waals surface area (Å²) < 4.78 is 0. The Morgan fingerprint density at radius 1 is 1.41 bits per heavy atom. The molecule has 0 aliphatic heterocycles. The van der Waals surface area contributed by atoms with Crippen LogP contribution in [0.15, 0.2) is 5.38 Å². The number of rotatable bonds is 7. The Bertz CT molecular complexity index is 333. The van der Waals surface area contributed by atoms with Crippen molar-refractivity contribution in [3.05, 3.63) is 16.1 Å². The van der Waals surface area contributed by atoms with Gasteiger partial charge in [0.1, 0.15) is 0 Å². The van der Waals surface area contributed by atoms with Crippen LogP contribution in [0.3, 0.4) is 0 Å². The molecule has 0 fully saturated rings. The first-order valence-electron chi connectivity index (χ1n) is 6.36. The molecule has 1 aromatic heterocycles. The van der Waals surface area contributed by atoms with Crippen molar-refractivity contribution < 1.29 is 0 Å². The molecule has 0 amide bonds. The van der Waals surface area contributed by atoms with Crippen LogP contribution in [0.1, 0.15) is 38.4 Å². The average Bonchev–Trinajstić information content (AvgIpc) is 2.75. The van der Waals surface area contributed by atoms with Gasteiger partial charge in [-0.1, -0.05) is 27.7 Å². The second-order valence-electron chi connectivity index (χ2n) is 5.26. The van der Waals surface area contributed by atoms with Gasteiger partial charge < -0.3 is 5.73 Å². The van der Waals surface area contributed by atoms with E-state index in [0.717, 1.165) is 32.6 Å². The van der Waals surface area contributed by atoms with Gasteiger partial charge in [0.25, 0.3) is 0 Å². The summed E-state index contributed by atoms with van der Waals surface area (Å²) in [5, 5.41) is 3.41. The Labute approximate surface area is 109 Å². The highest BCUT2D eigenvalue weighted by atomic mass is 32.1. The second-order valence-corrected chi connectivity index (χ2v) is 6.20. The number of hydrogen-bond acceptors (Lipinski definition) is 4. The van der Waals surface area contributed by atoms with E-state index in [1.54, 1.807) is 11.3 Å². The summed E-state index contributed by atoms with van der Waals surface area (Å²) in [6.45, 7) is 12.5. The molecule has 0 aromatic carbocycles. The molecule has 1 heterocycles. The molecule has 0 atom stereocenters. The average molecular weight is 255 g/mol. The number of aryl methyl sites for hydroxylation is 1. The maximum Gasteiger partial charge on any atom is 0.0926 e. The maximum atomic E-state index is 5.79. The van der Waals surface area contributed by atoms with Crippen LogP contribution in [-0.4, -0.2) is 29.5 Å². The molecule has 2 N–H and O–H groups in total. The van der Waals surface area contributed by atoms with E-state index in [-0.39, 0.29) is 5.41 Å². The molecule has 0 radical (unpaired) electrons. The van der Waals surface area contributed by atoms with Gasteiger partial charge >= 0.3 is 0 Å². The molecule has 1 rings (SSSR count). The molecule has 4 heteroatoms. The quantitative estimate of drug-likeness (QED) is 0.814. The standard InChI is InChI=1S/C13H25N3S/c1-5-12-15-11(8-17-12)7-16(6-2)10-13(3,4)9-14/h8H,5-7,9-10,14H2,1-4H3. The first kappa shape index (κ1) is 14.6. The summed E-state index contributed by atoms with van der Waals surface area (Å²) in [5.41, 5.74) is 7.16. The molecule has 0 saturated carbocycles. The highest BCUT2D eigenvalue weighted by Crippen LogP contribution is 2.18. The summed E-state index contributed by atoms with van der Waals surface area (Å²) in [6.07, 6.45) is 1.03. The molecule has 0 saturated heterocycles. The normalized spacial score (nSPS) is 12.4. The molecular weight excluding hydrogens is 230 g/mol. The van der Waals surface area contributed by atoms with Crippen molar-refractivity contribution >= 4 is 11.3 Å². The number of nitrogens with zero attached hydrogens (tertiary/aromatic N) is 2. The Balaban J connectivity index is 2.57.